The first-order valence-corrected chi connectivity index (χ1v) is 10.2. The van der Waals surface area contributed by atoms with Gasteiger partial charge in [-0.25, -0.2) is 9.78 Å². The van der Waals surface area contributed by atoms with Gasteiger partial charge in [-0.05, 0) is 31.2 Å². The summed E-state index contributed by atoms with van der Waals surface area (Å²) in [5.74, 6) is 0.889. The van der Waals surface area contributed by atoms with Crippen molar-refractivity contribution in [2.45, 2.75) is 30.8 Å². The number of hydrogen-bond donors (Lipinski definition) is 3. The molecule has 2 heterocycles. The molecule has 3 rings (SSSR count). The van der Waals surface area contributed by atoms with E-state index in [0.717, 1.165) is 0 Å². The van der Waals surface area contributed by atoms with Gasteiger partial charge in [0.15, 0.2) is 16.3 Å². The summed E-state index contributed by atoms with van der Waals surface area (Å²) in [6, 6.07) is 6.73. The molecule has 0 aliphatic carbocycles. The quantitative estimate of drug-likeness (QED) is 0.446. The van der Waals surface area contributed by atoms with Crippen molar-refractivity contribution in [2.75, 3.05) is 12.4 Å². The molecule has 2 atom stereocenters. The van der Waals surface area contributed by atoms with Gasteiger partial charge < -0.3 is 19.5 Å². The van der Waals surface area contributed by atoms with Gasteiger partial charge in [-0.3, -0.25) is 14.3 Å². The first-order valence-electron chi connectivity index (χ1n) is 8.83. The van der Waals surface area contributed by atoms with Crippen LogP contribution >= 0.6 is 23.4 Å². The normalized spacial score (nSPS) is 13.6. The Morgan fingerprint density at radius 2 is 1.97 bits per heavy atom. The summed E-state index contributed by atoms with van der Waals surface area (Å²) in [5, 5.41) is 21.0. The van der Waals surface area contributed by atoms with E-state index >= 15 is 0 Å². The van der Waals surface area contributed by atoms with Gasteiger partial charge in [0.25, 0.3) is 5.56 Å². The third-order valence-electron chi connectivity index (χ3n) is 4.08. The lowest BCUT2D eigenvalue weighted by molar-refractivity contribution is 0.0913. The summed E-state index contributed by atoms with van der Waals surface area (Å²) in [6.07, 6.45) is -1.54. The van der Waals surface area contributed by atoms with Gasteiger partial charge in [0.2, 0.25) is 0 Å². The molecular formula is C18H21ClN4O5S. The van der Waals surface area contributed by atoms with E-state index in [-0.39, 0.29) is 24.3 Å². The Bertz CT molecular complexity index is 1110. The van der Waals surface area contributed by atoms with E-state index in [2.05, 4.69) is 9.97 Å². The summed E-state index contributed by atoms with van der Waals surface area (Å²) < 4.78 is 8.34. The third-order valence-corrected chi connectivity index (χ3v) is 5.55. The number of aromatic nitrogens is 4. The zero-order valence-electron chi connectivity index (χ0n) is 15.8. The molecule has 0 amide bonds. The zero-order chi connectivity index (χ0) is 21.1. The summed E-state index contributed by atoms with van der Waals surface area (Å²) >= 11 is 7.07. The van der Waals surface area contributed by atoms with Gasteiger partial charge in [0, 0.05) is 17.8 Å². The number of fused-ring (bicyclic) bond motifs is 1. The van der Waals surface area contributed by atoms with E-state index < -0.39 is 23.5 Å². The van der Waals surface area contributed by atoms with Crippen molar-refractivity contribution < 1.29 is 14.9 Å². The molecule has 0 bridgehead atoms. The number of imidazole rings is 1. The first-order chi connectivity index (χ1) is 13.8. The highest BCUT2D eigenvalue weighted by Crippen LogP contribution is 2.23. The van der Waals surface area contributed by atoms with E-state index in [4.69, 9.17) is 16.3 Å². The number of benzene rings is 1. The van der Waals surface area contributed by atoms with E-state index in [1.54, 1.807) is 31.2 Å². The fraction of sp³-hybridized carbons (Fsp3) is 0.389. The van der Waals surface area contributed by atoms with Gasteiger partial charge in [0.05, 0.1) is 12.6 Å². The fourth-order valence-electron chi connectivity index (χ4n) is 2.68. The van der Waals surface area contributed by atoms with Crippen LogP contribution in [0.1, 0.15) is 6.92 Å². The van der Waals surface area contributed by atoms with E-state index in [9.17, 15) is 19.8 Å². The number of hydrogen-bond acceptors (Lipinski definition) is 7. The molecule has 3 aromatic rings. The van der Waals surface area contributed by atoms with Crippen LogP contribution in [0.3, 0.4) is 0 Å². The number of nitrogens with zero attached hydrogens (tertiary/aromatic N) is 3. The Balaban J connectivity index is 1.88. The number of aliphatic hydroxyl groups excluding tert-OH is 2. The monoisotopic (exact) mass is 440 g/mol. The van der Waals surface area contributed by atoms with Gasteiger partial charge in [-0.2, -0.15) is 0 Å². The van der Waals surface area contributed by atoms with Gasteiger partial charge >= 0.3 is 5.69 Å². The second-order valence-corrected chi connectivity index (χ2v) is 8.00. The SMILES string of the molecule is C[C@@H](O)CSc1nc2c(c(=O)[nH]c(=O)n2C)n1C[C@H](O)COc1ccc(Cl)cc1. The second kappa shape index (κ2) is 9.04. The van der Waals surface area contributed by atoms with Crippen molar-refractivity contribution in [3.8, 4) is 5.75 Å². The maximum atomic E-state index is 12.4. The molecule has 0 spiro atoms. The van der Waals surface area contributed by atoms with Crippen LogP contribution in [0.15, 0.2) is 39.0 Å². The number of thioether (sulfide) groups is 1. The number of nitrogens with one attached hydrogen (secondary N) is 1. The molecule has 0 saturated heterocycles. The van der Waals surface area contributed by atoms with Crippen LogP contribution in [0.2, 0.25) is 5.02 Å². The molecule has 0 unspecified atom stereocenters. The summed E-state index contributed by atoms with van der Waals surface area (Å²) in [7, 11) is 1.50. The van der Waals surface area contributed by atoms with Crippen molar-refractivity contribution >= 4 is 34.5 Å². The standard InChI is InChI=1S/C18H21ClN4O5S/c1-10(24)9-29-18-20-15-14(16(26)21-17(27)22(15)2)23(18)7-12(25)8-28-13-5-3-11(19)4-6-13/h3-6,10,12,24-25H,7-9H2,1-2H3,(H,21,26,27)/t10-,12+/m1/s1. The highest BCUT2D eigenvalue weighted by molar-refractivity contribution is 7.99. The number of halogens is 1. The Kier molecular flexibility index (Phi) is 6.68. The lowest BCUT2D eigenvalue weighted by atomic mass is 10.3. The molecule has 9 nitrogen and oxygen atoms in total. The number of aryl methyl sites for hydroxylation is 1. The van der Waals surface area contributed by atoms with Crippen LogP contribution in [-0.2, 0) is 13.6 Å². The maximum Gasteiger partial charge on any atom is 0.329 e. The molecule has 0 saturated carbocycles. The lowest BCUT2D eigenvalue weighted by Gasteiger charge is -2.15. The van der Waals surface area contributed by atoms with Crippen LogP contribution in [-0.4, -0.2) is 53.9 Å². The molecule has 0 fully saturated rings. The minimum atomic E-state index is -0.953. The van der Waals surface area contributed by atoms with Crippen LogP contribution in [0.5, 0.6) is 5.75 Å². The Morgan fingerprint density at radius 3 is 2.62 bits per heavy atom. The van der Waals surface area contributed by atoms with Crippen LogP contribution in [0, 0.1) is 0 Å². The second-order valence-electron chi connectivity index (χ2n) is 6.57. The number of H-pyrrole nitrogens is 1. The largest absolute Gasteiger partial charge is 0.491 e. The summed E-state index contributed by atoms with van der Waals surface area (Å²) in [4.78, 5) is 30.9. The summed E-state index contributed by atoms with van der Waals surface area (Å²) in [6.45, 7) is 1.64. The van der Waals surface area contributed by atoms with E-state index in [1.165, 1.54) is 27.9 Å². The molecule has 3 N–H and O–H groups in total. The van der Waals surface area contributed by atoms with Crippen LogP contribution in [0.25, 0.3) is 11.2 Å². The molecule has 2 aromatic heterocycles. The Hall–Kier alpha value is -2.27. The van der Waals surface area contributed by atoms with Crippen molar-refractivity contribution in [1.82, 2.24) is 19.1 Å². The molecule has 0 radical (unpaired) electrons. The highest BCUT2D eigenvalue weighted by Gasteiger charge is 2.20. The van der Waals surface area contributed by atoms with Gasteiger partial charge in [0.1, 0.15) is 18.5 Å². The summed E-state index contributed by atoms with van der Waals surface area (Å²) in [5.41, 5.74) is -0.792. The van der Waals surface area contributed by atoms with Crippen molar-refractivity contribution in [3.63, 3.8) is 0 Å². The molecule has 156 valence electrons. The molecule has 29 heavy (non-hydrogen) atoms. The predicted molar refractivity (Wildman–Crippen MR) is 111 cm³/mol. The van der Waals surface area contributed by atoms with Crippen molar-refractivity contribution in [1.29, 1.82) is 0 Å². The average Bonchev–Trinajstić information content (AvgIpc) is 3.03. The topological polar surface area (TPSA) is 122 Å². The average molecular weight is 441 g/mol. The first kappa shape index (κ1) is 21.4. The minimum absolute atomic E-state index is 0.0213. The highest BCUT2D eigenvalue weighted by atomic mass is 35.5. The molecule has 11 heteroatoms. The zero-order valence-corrected chi connectivity index (χ0v) is 17.4. The molecule has 0 aliphatic heterocycles. The Labute approximate surface area is 174 Å². The van der Waals surface area contributed by atoms with E-state index in [1.807, 2.05) is 0 Å². The Morgan fingerprint density at radius 1 is 1.28 bits per heavy atom. The van der Waals surface area contributed by atoms with Crippen molar-refractivity contribution in [3.05, 3.63) is 50.1 Å². The number of aliphatic hydroxyl groups is 2. The predicted octanol–water partition coefficient (Wildman–Crippen LogP) is 0.989. The van der Waals surface area contributed by atoms with Crippen LogP contribution in [0.4, 0.5) is 0 Å². The molecule has 1 aromatic carbocycles. The number of rotatable bonds is 8. The van der Waals surface area contributed by atoms with Gasteiger partial charge in [-0.1, -0.05) is 23.4 Å². The van der Waals surface area contributed by atoms with Gasteiger partial charge in [-0.15, -0.1) is 0 Å². The molecule has 0 aliphatic rings. The smallest absolute Gasteiger partial charge is 0.329 e. The van der Waals surface area contributed by atoms with Crippen molar-refractivity contribution in [2.24, 2.45) is 7.05 Å². The number of ether oxygens (including phenoxy) is 1. The lowest BCUT2D eigenvalue weighted by Crippen LogP contribution is -2.30. The molecular weight excluding hydrogens is 420 g/mol. The van der Waals surface area contributed by atoms with E-state index in [0.29, 0.717) is 21.7 Å². The number of aromatic amines is 1. The maximum absolute atomic E-state index is 12.4. The minimum Gasteiger partial charge on any atom is -0.491 e. The third kappa shape index (κ3) is 5.02. The fourth-order valence-corrected chi connectivity index (χ4v) is 3.66. The van der Waals surface area contributed by atoms with Crippen LogP contribution < -0.4 is 16.0 Å².